The number of rotatable bonds is 7. The SMILES string of the molecule is CC(=NN(c1ccccc1)c1ccccc1)C(CCO)C(=O)O. The Labute approximate surface area is 135 Å². The van der Waals surface area contributed by atoms with E-state index in [0.717, 1.165) is 11.4 Å². The minimum atomic E-state index is -0.985. The van der Waals surface area contributed by atoms with Crippen molar-refractivity contribution < 1.29 is 15.0 Å². The third-order valence-electron chi connectivity index (χ3n) is 3.48. The van der Waals surface area contributed by atoms with Crippen LogP contribution in [0.25, 0.3) is 0 Å². The summed E-state index contributed by atoms with van der Waals surface area (Å²) < 4.78 is 0. The van der Waals surface area contributed by atoms with Gasteiger partial charge in [-0.1, -0.05) is 36.4 Å². The molecule has 0 aliphatic carbocycles. The predicted molar refractivity (Wildman–Crippen MR) is 91.0 cm³/mol. The lowest BCUT2D eigenvalue weighted by Crippen LogP contribution is -2.25. The van der Waals surface area contributed by atoms with Gasteiger partial charge in [-0.2, -0.15) is 5.10 Å². The summed E-state index contributed by atoms with van der Waals surface area (Å²) in [6.45, 7) is 1.48. The summed E-state index contributed by atoms with van der Waals surface area (Å²) in [5.74, 6) is -1.80. The van der Waals surface area contributed by atoms with E-state index in [2.05, 4.69) is 5.10 Å². The van der Waals surface area contributed by atoms with Crippen molar-refractivity contribution in [1.82, 2.24) is 0 Å². The lowest BCUT2D eigenvalue weighted by molar-refractivity contribution is -0.139. The van der Waals surface area contributed by atoms with Crippen LogP contribution in [0.3, 0.4) is 0 Å². The number of anilines is 2. The minimum absolute atomic E-state index is 0.141. The molecule has 23 heavy (non-hydrogen) atoms. The molecule has 5 nitrogen and oxygen atoms in total. The number of hydrazone groups is 1. The number of hydrogen-bond acceptors (Lipinski definition) is 4. The van der Waals surface area contributed by atoms with E-state index < -0.39 is 11.9 Å². The zero-order chi connectivity index (χ0) is 16.7. The van der Waals surface area contributed by atoms with E-state index in [-0.39, 0.29) is 13.0 Å². The molecule has 0 spiro atoms. The summed E-state index contributed by atoms with van der Waals surface area (Å²) in [7, 11) is 0. The van der Waals surface area contributed by atoms with Gasteiger partial charge in [-0.3, -0.25) is 4.79 Å². The Balaban J connectivity index is 2.42. The molecule has 2 aromatic rings. The largest absolute Gasteiger partial charge is 0.481 e. The standard InChI is InChI=1S/C18H20N2O3/c1-14(17(12-13-21)18(22)23)19-20(15-8-4-2-5-9-15)16-10-6-3-7-11-16/h2-11,17,21H,12-13H2,1H3,(H,22,23). The van der Waals surface area contributed by atoms with Crippen LogP contribution >= 0.6 is 0 Å². The first-order valence-corrected chi connectivity index (χ1v) is 7.42. The van der Waals surface area contributed by atoms with E-state index in [4.69, 9.17) is 5.11 Å². The lowest BCUT2D eigenvalue weighted by Gasteiger charge is -2.22. The van der Waals surface area contributed by atoms with Crippen molar-refractivity contribution in [2.45, 2.75) is 13.3 Å². The number of aliphatic carboxylic acids is 1. The molecule has 1 atom stereocenters. The highest BCUT2D eigenvalue weighted by Crippen LogP contribution is 2.26. The summed E-state index contributed by atoms with van der Waals surface area (Å²) in [4.78, 5) is 11.4. The van der Waals surface area contributed by atoms with Crippen LogP contribution in [0.1, 0.15) is 13.3 Å². The average Bonchev–Trinajstić information content (AvgIpc) is 2.58. The highest BCUT2D eigenvalue weighted by molar-refractivity contribution is 6.00. The predicted octanol–water partition coefficient (Wildman–Crippen LogP) is 3.28. The second-order valence-electron chi connectivity index (χ2n) is 5.13. The van der Waals surface area contributed by atoms with E-state index in [1.807, 2.05) is 60.7 Å². The molecular weight excluding hydrogens is 292 g/mol. The molecule has 0 fully saturated rings. The highest BCUT2D eigenvalue weighted by Gasteiger charge is 2.21. The van der Waals surface area contributed by atoms with Crippen LogP contribution in [0.4, 0.5) is 11.4 Å². The van der Waals surface area contributed by atoms with Crippen LogP contribution < -0.4 is 5.01 Å². The zero-order valence-corrected chi connectivity index (χ0v) is 13.0. The first-order chi connectivity index (χ1) is 11.1. The Morgan fingerprint density at radius 1 is 1.04 bits per heavy atom. The maximum Gasteiger partial charge on any atom is 0.312 e. The van der Waals surface area contributed by atoms with Gasteiger partial charge < -0.3 is 10.2 Å². The van der Waals surface area contributed by atoms with Crippen molar-refractivity contribution in [3.8, 4) is 0 Å². The number of aliphatic hydroxyl groups excluding tert-OH is 1. The molecule has 2 rings (SSSR count). The van der Waals surface area contributed by atoms with Crippen LogP contribution in [-0.4, -0.2) is 28.5 Å². The Morgan fingerprint density at radius 3 is 1.91 bits per heavy atom. The number of aliphatic hydroxyl groups is 1. The first kappa shape index (κ1) is 16.7. The molecule has 0 aliphatic heterocycles. The van der Waals surface area contributed by atoms with Crippen molar-refractivity contribution >= 4 is 23.1 Å². The van der Waals surface area contributed by atoms with Crippen LogP contribution in [0.2, 0.25) is 0 Å². The number of nitrogens with zero attached hydrogens (tertiary/aromatic N) is 2. The zero-order valence-electron chi connectivity index (χ0n) is 13.0. The molecule has 1 unspecified atom stereocenters. The number of carboxylic acids is 1. The topological polar surface area (TPSA) is 73.1 Å². The number of hydrogen-bond donors (Lipinski definition) is 2. The molecule has 0 radical (unpaired) electrons. The fourth-order valence-electron chi connectivity index (χ4n) is 2.27. The van der Waals surface area contributed by atoms with Crippen LogP contribution in [0.5, 0.6) is 0 Å². The Morgan fingerprint density at radius 2 is 1.52 bits per heavy atom. The van der Waals surface area contributed by atoms with Gasteiger partial charge in [0.2, 0.25) is 0 Å². The van der Waals surface area contributed by atoms with Gasteiger partial charge in [-0.15, -0.1) is 0 Å². The van der Waals surface area contributed by atoms with Crippen LogP contribution in [0, 0.1) is 5.92 Å². The van der Waals surface area contributed by atoms with E-state index in [1.54, 1.807) is 11.9 Å². The van der Waals surface area contributed by atoms with Crippen molar-refractivity contribution in [2.75, 3.05) is 11.6 Å². The van der Waals surface area contributed by atoms with Crippen molar-refractivity contribution in [1.29, 1.82) is 0 Å². The molecule has 2 aromatic carbocycles. The molecule has 0 amide bonds. The van der Waals surface area contributed by atoms with Crippen molar-refractivity contribution in [3.05, 3.63) is 60.7 Å². The van der Waals surface area contributed by atoms with E-state index >= 15 is 0 Å². The number of carbonyl (C=O) groups is 1. The van der Waals surface area contributed by atoms with Crippen LogP contribution in [-0.2, 0) is 4.79 Å². The molecule has 2 N–H and O–H groups in total. The van der Waals surface area contributed by atoms with E-state index in [0.29, 0.717) is 5.71 Å². The summed E-state index contributed by atoms with van der Waals surface area (Å²) in [5, 5.41) is 24.6. The van der Waals surface area contributed by atoms with Gasteiger partial charge in [0, 0.05) is 6.61 Å². The third kappa shape index (κ3) is 4.40. The molecule has 120 valence electrons. The van der Waals surface area contributed by atoms with Gasteiger partial charge in [0.1, 0.15) is 0 Å². The molecule has 0 aromatic heterocycles. The molecule has 0 bridgehead atoms. The summed E-state index contributed by atoms with van der Waals surface area (Å²) in [5.41, 5.74) is 2.12. The summed E-state index contributed by atoms with van der Waals surface area (Å²) >= 11 is 0. The smallest absolute Gasteiger partial charge is 0.312 e. The molecular formula is C18H20N2O3. The lowest BCUT2D eigenvalue weighted by atomic mass is 10.0. The van der Waals surface area contributed by atoms with E-state index in [9.17, 15) is 9.90 Å². The summed E-state index contributed by atoms with van der Waals surface area (Å²) in [6, 6.07) is 19.1. The third-order valence-corrected chi connectivity index (χ3v) is 3.48. The normalized spacial score (nSPS) is 12.7. The van der Waals surface area contributed by atoms with E-state index in [1.165, 1.54) is 0 Å². The fraction of sp³-hybridized carbons (Fsp3) is 0.222. The first-order valence-electron chi connectivity index (χ1n) is 7.42. The molecule has 5 heteroatoms. The van der Waals surface area contributed by atoms with Crippen LogP contribution in [0.15, 0.2) is 65.8 Å². The van der Waals surface area contributed by atoms with Crippen molar-refractivity contribution in [3.63, 3.8) is 0 Å². The number of para-hydroxylation sites is 2. The van der Waals surface area contributed by atoms with Gasteiger partial charge >= 0.3 is 5.97 Å². The number of benzene rings is 2. The second-order valence-corrected chi connectivity index (χ2v) is 5.13. The molecule has 0 saturated carbocycles. The molecule has 0 aliphatic rings. The van der Waals surface area contributed by atoms with Gasteiger partial charge in [-0.25, -0.2) is 5.01 Å². The van der Waals surface area contributed by atoms with Gasteiger partial charge in [-0.05, 0) is 37.6 Å². The minimum Gasteiger partial charge on any atom is -0.481 e. The quantitative estimate of drug-likeness (QED) is 0.608. The number of carboxylic acid groups (broad SMARTS) is 1. The monoisotopic (exact) mass is 312 g/mol. The fourth-order valence-corrected chi connectivity index (χ4v) is 2.27. The summed E-state index contributed by atoms with van der Waals surface area (Å²) in [6.07, 6.45) is 0.141. The average molecular weight is 312 g/mol. The Bertz CT molecular complexity index is 617. The van der Waals surface area contributed by atoms with Gasteiger partial charge in [0.25, 0.3) is 0 Å². The second kappa shape index (κ2) is 8.10. The molecule has 0 heterocycles. The van der Waals surface area contributed by atoms with Gasteiger partial charge in [0.15, 0.2) is 0 Å². The maximum absolute atomic E-state index is 11.4. The van der Waals surface area contributed by atoms with Gasteiger partial charge in [0.05, 0.1) is 23.0 Å². The highest BCUT2D eigenvalue weighted by atomic mass is 16.4. The Hall–Kier alpha value is -2.66. The van der Waals surface area contributed by atoms with Crippen molar-refractivity contribution in [2.24, 2.45) is 11.0 Å². The molecule has 0 saturated heterocycles. The Kier molecular flexibility index (Phi) is 5.88. The maximum atomic E-state index is 11.4.